The maximum Gasteiger partial charge on any atom is 0.264 e. The lowest BCUT2D eigenvalue weighted by Crippen LogP contribution is -2.16. The van der Waals surface area contributed by atoms with Crippen molar-refractivity contribution in [3.63, 3.8) is 0 Å². The number of para-hydroxylation sites is 2. The predicted octanol–water partition coefficient (Wildman–Crippen LogP) is 4.70. The molecule has 0 saturated carbocycles. The average molecular weight is 439 g/mol. The fourth-order valence-corrected chi connectivity index (χ4v) is 5.39. The number of pyridine rings is 1. The number of anilines is 1. The second kappa shape index (κ2) is 6.51. The number of nitrogens with one attached hydrogen (secondary N) is 1. The number of rotatable bonds is 3. The minimum Gasteiger partial charge on any atom is -0.279 e. The Bertz CT molecular complexity index is 1840. The Morgan fingerprint density at radius 3 is 2.44 bits per heavy atom. The molecule has 0 fully saturated rings. The van der Waals surface area contributed by atoms with Crippen molar-refractivity contribution in [3.8, 4) is 0 Å². The summed E-state index contributed by atoms with van der Waals surface area (Å²) < 4.78 is 30.6. The van der Waals surface area contributed by atoms with Crippen molar-refractivity contribution in [2.24, 2.45) is 0 Å². The van der Waals surface area contributed by atoms with Gasteiger partial charge in [0.05, 0.1) is 27.0 Å². The fourth-order valence-electron chi connectivity index (χ4n) is 4.32. The first-order valence-corrected chi connectivity index (χ1v) is 11.6. The Hall–Kier alpha value is -3.97. The first-order valence-electron chi connectivity index (χ1n) is 10.1. The quantitative estimate of drug-likeness (QED) is 0.433. The van der Waals surface area contributed by atoms with Crippen LogP contribution in [0.5, 0.6) is 0 Å². The largest absolute Gasteiger partial charge is 0.279 e. The van der Waals surface area contributed by atoms with Crippen LogP contribution in [0.25, 0.3) is 38.2 Å². The molecule has 1 N–H and O–H groups in total. The first kappa shape index (κ1) is 18.8. The zero-order valence-corrected chi connectivity index (χ0v) is 17.8. The minimum absolute atomic E-state index is 0.170. The molecule has 0 unspecified atom stereocenters. The summed E-state index contributed by atoms with van der Waals surface area (Å²) in [5.41, 5.74) is 2.97. The van der Waals surface area contributed by atoms with Gasteiger partial charge in [0.1, 0.15) is 0 Å². The molecule has 4 aromatic carbocycles. The van der Waals surface area contributed by atoms with E-state index >= 15 is 0 Å². The van der Waals surface area contributed by atoms with Gasteiger partial charge in [-0.3, -0.25) is 13.9 Å². The van der Waals surface area contributed by atoms with Crippen LogP contribution in [-0.2, 0) is 10.0 Å². The molecule has 0 radical (unpaired) electrons. The summed E-state index contributed by atoms with van der Waals surface area (Å²) in [6.45, 7) is 1.90. The van der Waals surface area contributed by atoms with Gasteiger partial charge in [-0.1, -0.05) is 48.0 Å². The summed E-state index contributed by atoms with van der Waals surface area (Å²) in [5.74, 6) is 0. The molecule has 0 amide bonds. The van der Waals surface area contributed by atoms with Crippen LogP contribution in [0.4, 0.5) is 5.69 Å². The molecule has 6 aromatic rings. The molecule has 7 heteroatoms. The molecule has 6 nitrogen and oxygen atoms in total. The van der Waals surface area contributed by atoms with Crippen LogP contribution in [0.3, 0.4) is 0 Å². The molecule has 0 aliphatic rings. The van der Waals surface area contributed by atoms with E-state index in [2.05, 4.69) is 4.72 Å². The molecule has 6 rings (SSSR count). The SMILES string of the molecule is Cc1ccc(S(=O)(=O)Nc2ccc3cccc4c(=O)n5c6ccccc6nc5c2c34)cc1. The lowest BCUT2D eigenvalue weighted by atomic mass is 10.0. The number of benzene rings is 4. The summed E-state index contributed by atoms with van der Waals surface area (Å²) >= 11 is 0. The van der Waals surface area contributed by atoms with Gasteiger partial charge in [0.15, 0.2) is 5.65 Å². The van der Waals surface area contributed by atoms with Crippen molar-refractivity contribution >= 4 is 53.9 Å². The summed E-state index contributed by atoms with van der Waals surface area (Å²) in [5, 5.41) is 2.67. The number of nitrogens with zero attached hydrogens (tertiary/aromatic N) is 2. The van der Waals surface area contributed by atoms with Crippen molar-refractivity contribution < 1.29 is 8.42 Å². The highest BCUT2D eigenvalue weighted by atomic mass is 32.2. The molecular weight excluding hydrogens is 422 g/mol. The van der Waals surface area contributed by atoms with Crippen LogP contribution < -0.4 is 10.3 Å². The minimum atomic E-state index is -3.84. The lowest BCUT2D eigenvalue weighted by molar-refractivity contribution is 0.601. The predicted molar refractivity (Wildman–Crippen MR) is 127 cm³/mol. The first-order chi connectivity index (χ1) is 15.4. The van der Waals surface area contributed by atoms with Crippen molar-refractivity contribution in [2.45, 2.75) is 11.8 Å². The Labute approximate surface area is 183 Å². The van der Waals surface area contributed by atoms with Gasteiger partial charge >= 0.3 is 0 Å². The molecule has 0 aliphatic carbocycles. The summed E-state index contributed by atoms with van der Waals surface area (Å²) in [7, 11) is -3.84. The van der Waals surface area contributed by atoms with Gasteiger partial charge in [-0.05, 0) is 48.7 Å². The van der Waals surface area contributed by atoms with Crippen molar-refractivity contribution in [3.05, 3.63) is 94.8 Å². The zero-order chi connectivity index (χ0) is 22.0. The standard InChI is InChI=1S/C25H17N3O3S/c1-15-9-12-17(13-10-15)32(30,31)27-20-14-11-16-5-4-6-18-22(16)23(20)24-26-19-7-2-3-8-21(19)28(24)25(18)29/h2-14,27H,1H3. The summed E-state index contributed by atoms with van der Waals surface area (Å²) in [4.78, 5) is 18.3. The summed E-state index contributed by atoms with van der Waals surface area (Å²) in [6.07, 6.45) is 0. The molecular formula is C25H17N3O3S. The maximum atomic E-state index is 13.4. The monoisotopic (exact) mass is 439 g/mol. The van der Waals surface area contributed by atoms with Gasteiger partial charge in [-0.2, -0.15) is 0 Å². The molecule has 2 heterocycles. The molecule has 0 saturated heterocycles. The average Bonchev–Trinajstić information content (AvgIpc) is 3.17. The summed E-state index contributed by atoms with van der Waals surface area (Å²) in [6, 6.07) is 23.1. The number of aryl methyl sites for hydroxylation is 1. The zero-order valence-electron chi connectivity index (χ0n) is 17.0. The third-order valence-corrected chi connectivity index (χ3v) is 7.22. The van der Waals surface area contributed by atoms with E-state index in [4.69, 9.17) is 4.98 Å². The Morgan fingerprint density at radius 1 is 0.844 bits per heavy atom. The lowest BCUT2D eigenvalue weighted by Gasteiger charge is -2.14. The van der Waals surface area contributed by atoms with E-state index in [9.17, 15) is 13.2 Å². The van der Waals surface area contributed by atoms with Crippen LogP contribution in [0, 0.1) is 6.92 Å². The maximum absolute atomic E-state index is 13.4. The second-order valence-corrected chi connectivity index (χ2v) is 9.56. The van der Waals surface area contributed by atoms with Gasteiger partial charge < -0.3 is 0 Å². The van der Waals surface area contributed by atoms with Gasteiger partial charge in [0.2, 0.25) is 0 Å². The Kier molecular flexibility index (Phi) is 3.82. The highest BCUT2D eigenvalue weighted by Crippen LogP contribution is 2.35. The number of aromatic nitrogens is 2. The third-order valence-electron chi connectivity index (χ3n) is 5.84. The molecule has 0 aliphatic heterocycles. The van der Waals surface area contributed by atoms with E-state index in [-0.39, 0.29) is 10.5 Å². The van der Waals surface area contributed by atoms with E-state index in [0.717, 1.165) is 10.9 Å². The van der Waals surface area contributed by atoms with Gasteiger partial charge in [-0.15, -0.1) is 0 Å². The Balaban J connectivity index is 1.73. The molecule has 32 heavy (non-hydrogen) atoms. The van der Waals surface area contributed by atoms with Crippen LogP contribution in [0.15, 0.2) is 88.6 Å². The van der Waals surface area contributed by atoms with Crippen molar-refractivity contribution in [1.29, 1.82) is 0 Å². The highest BCUT2D eigenvalue weighted by Gasteiger charge is 2.21. The van der Waals surface area contributed by atoms with Gasteiger partial charge in [0.25, 0.3) is 15.6 Å². The highest BCUT2D eigenvalue weighted by molar-refractivity contribution is 7.92. The molecule has 2 aromatic heterocycles. The van der Waals surface area contributed by atoms with Crippen molar-refractivity contribution in [2.75, 3.05) is 4.72 Å². The molecule has 0 bridgehead atoms. The van der Waals surface area contributed by atoms with E-state index in [0.29, 0.717) is 38.5 Å². The number of hydrogen-bond donors (Lipinski definition) is 1. The fraction of sp³-hybridized carbons (Fsp3) is 0.0400. The topological polar surface area (TPSA) is 80.5 Å². The Morgan fingerprint density at radius 2 is 1.62 bits per heavy atom. The van der Waals surface area contributed by atoms with Crippen LogP contribution >= 0.6 is 0 Å². The van der Waals surface area contributed by atoms with E-state index in [1.54, 1.807) is 40.8 Å². The van der Waals surface area contributed by atoms with Crippen molar-refractivity contribution in [1.82, 2.24) is 9.38 Å². The molecule has 156 valence electrons. The van der Waals surface area contributed by atoms with Crippen LogP contribution in [-0.4, -0.2) is 17.8 Å². The van der Waals surface area contributed by atoms with Gasteiger partial charge in [-0.25, -0.2) is 13.4 Å². The number of imidazole rings is 1. The van der Waals surface area contributed by atoms with Gasteiger partial charge in [0, 0.05) is 10.8 Å². The number of fused-ring (bicyclic) bond motifs is 4. The second-order valence-electron chi connectivity index (χ2n) is 7.88. The van der Waals surface area contributed by atoms with Crippen LogP contribution in [0.2, 0.25) is 0 Å². The van der Waals surface area contributed by atoms with Crippen LogP contribution in [0.1, 0.15) is 5.56 Å². The molecule has 0 atom stereocenters. The third kappa shape index (κ3) is 2.61. The number of sulfonamides is 1. The van der Waals surface area contributed by atoms with E-state index < -0.39 is 10.0 Å². The normalized spacial score (nSPS) is 12.3. The van der Waals surface area contributed by atoms with E-state index in [1.807, 2.05) is 49.4 Å². The molecule has 0 spiro atoms. The van der Waals surface area contributed by atoms with E-state index in [1.165, 1.54) is 0 Å². The smallest absolute Gasteiger partial charge is 0.264 e. The number of hydrogen-bond acceptors (Lipinski definition) is 4.